The van der Waals surface area contributed by atoms with Gasteiger partial charge >= 0.3 is 0 Å². The molecule has 0 bridgehead atoms. The lowest BCUT2D eigenvalue weighted by Gasteiger charge is -2.40. The molecule has 0 saturated heterocycles. The Bertz CT molecular complexity index is 720. The van der Waals surface area contributed by atoms with E-state index in [1.54, 1.807) is 14.2 Å². The fraction of sp³-hybridized carbons (Fsp3) is 0.619. The SMILES string of the molecule is CCCC[C@@]1(C(C)c2ccc(Br)cc2Cl)N=C(OC)[C@@H](C(C)C)N=C1OC. The van der Waals surface area contributed by atoms with Crippen LogP contribution in [0.3, 0.4) is 0 Å². The molecule has 0 saturated carbocycles. The molecule has 27 heavy (non-hydrogen) atoms. The van der Waals surface area contributed by atoms with Crippen molar-refractivity contribution in [1.82, 2.24) is 0 Å². The van der Waals surface area contributed by atoms with Gasteiger partial charge in [-0.1, -0.05) is 74.1 Å². The molecule has 1 aromatic carbocycles. The molecule has 1 unspecified atom stereocenters. The van der Waals surface area contributed by atoms with Crippen LogP contribution in [0, 0.1) is 5.92 Å². The van der Waals surface area contributed by atoms with Crippen LogP contribution in [-0.4, -0.2) is 37.6 Å². The zero-order valence-corrected chi connectivity index (χ0v) is 19.4. The lowest BCUT2D eigenvalue weighted by molar-refractivity contribution is 0.277. The van der Waals surface area contributed by atoms with E-state index >= 15 is 0 Å². The molecule has 0 fully saturated rings. The largest absolute Gasteiger partial charge is 0.483 e. The summed E-state index contributed by atoms with van der Waals surface area (Å²) >= 11 is 10.1. The standard InChI is InChI=1S/C21H30BrClN2O2/c1-7-8-11-21(14(4)16-10-9-15(22)12-17(16)23)20(27-6)24-18(13(2)3)19(25-21)26-5/h9-10,12-14,18H,7-8,11H2,1-6H3/t14?,18-,21+/m1/s1. The molecule has 0 aromatic heterocycles. The number of ether oxygens (including phenoxy) is 2. The first-order chi connectivity index (χ1) is 12.8. The summed E-state index contributed by atoms with van der Waals surface area (Å²) < 4.78 is 12.4. The number of hydrogen-bond acceptors (Lipinski definition) is 4. The van der Waals surface area contributed by atoms with E-state index in [2.05, 4.69) is 49.7 Å². The van der Waals surface area contributed by atoms with Gasteiger partial charge in [0.05, 0.1) is 14.2 Å². The second kappa shape index (κ2) is 9.42. The normalized spacial score (nSPS) is 23.7. The maximum Gasteiger partial charge on any atom is 0.213 e. The Morgan fingerprint density at radius 2 is 1.93 bits per heavy atom. The molecule has 150 valence electrons. The first-order valence-corrected chi connectivity index (χ1v) is 10.7. The molecule has 1 aliphatic rings. The number of hydrogen-bond donors (Lipinski definition) is 0. The van der Waals surface area contributed by atoms with Gasteiger partial charge in [0.25, 0.3) is 0 Å². The summed E-state index contributed by atoms with van der Waals surface area (Å²) in [5.74, 6) is 1.59. The molecule has 0 aliphatic carbocycles. The van der Waals surface area contributed by atoms with E-state index in [0.717, 1.165) is 29.3 Å². The zero-order chi connectivity index (χ0) is 20.2. The van der Waals surface area contributed by atoms with Crippen LogP contribution in [0.1, 0.15) is 58.4 Å². The van der Waals surface area contributed by atoms with Gasteiger partial charge in [0.15, 0.2) is 0 Å². The third-order valence-corrected chi connectivity index (χ3v) is 6.10. The van der Waals surface area contributed by atoms with Crippen molar-refractivity contribution in [3.05, 3.63) is 33.3 Å². The van der Waals surface area contributed by atoms with Gasteiger partial charge in [0.1, 0.15) is 11.6 Å². The van der Waals surface area contributed by atoms with E-state index in [9.17, 15) is 0 Å². The van der Waals surface area contributed by atoms with Crippen molar-refractivity contribution in [2.45, 2.75) is 64.5 Å². The molecule has 0 radical (unpaired) electrons. The van der Waals surface area contributed by atoms with Gasteiger partial charge in [-0.25, -0.2) is 9.98 Å². The van der Waals surface area contributed by atoms with E-state index in [-0.39, 0.29) is 17.9 Å². The molecular formula is C21H30BrClN2O2. The van der Waals surface area contributed by atoms with Crippen molar-refractivity contribution in [1.29, 1.82) is 0 Å². The van der Waals surface area contributed by atoms with Crippen LogP contribution >= 0.6 is 27.5 Å². The summed E-state index contributed by atoms with van der Waals surface area (Å²) in [6.07, 6.45) is 2.89. The Morgan fingerprint density at radius 3 is 2.44 bits per heavy atom. The van der Waals surface area contributed by atoms with Crippen LogP contribution in [0.5, 0.6) is 0 Å². The molecule has 1 aromatic rings. The Kier molecular flexibility index (Phi) is 7.75. The summed E-state index contributed by atoms with van der Waals surface area (Å²) in [6, 6.07) is 5.85. The molecule has 1 aliphatic heterocycles. The Hall–Kier alpha value is -1.07. The van der Waals surface area contributed by atoms with Crippen LogP contribution in [-0.2, 0) is 9.47 Å². The highest BCUT2D eigenvalue weighted by Gasteiger charge is 2.48. The highest BCUT2D eigenvalue weighted by atomic mass is 79.9. The Labute approximate surface area is 176 Å². The summed E-state index contributed by atoms with van der Waals surface area (Å²) in [4.78, 5) is 10.1. The fourth-order valence-electron chi connectivity index (χ4n) is 3.65. The van der Waals surface area contributed by atoms with Crippen LogP contribution in [0.25, 0.3) is 0 Å². The Morgan fingerprint density at radius 1 is 1.22 bits per heavy atom. The highest BCUT2D eigenvalue weighted by Crippen LogP contribution is 2.43. The van der Waals surface area contributed by atoms with Crippen molar-refractivity contribution >= 4 is 39.3 Å². The number of methoxy groups -OCH3 is 2. The van der Waals surface area contributed by atoms with Crippen molar-refractivity contribution < 1.29 is 9.47 Å². The number of rotatable bonds is 6. The molecule has 2 rings (SSSR count). The molecule has 6 heteroatoms. The highest BCUT2D eigenvalue weighted by molar-refractivity contribution is 9.10. The topological polar surface area (TPSA) is 43.2 Å². The van der Waals surface area contributed by atoms with E-state index in [4.69, 9.17) is 31.1 Å². The van der Waals surface area contributed by atoms with E-state index < -0.39 is 5.54 Å². The first kappa shape index (κ1) is 22.2. The minimum atomic E-state index is -0.626. The van der Waals surface area contributed by atoms with Crippen molar-refractivity contribution in [2.24, 2.45) is 15.9 Å². The average molecular weight is 458 g/mol. The van der Waals surface area contributed by atoms with Crippen LogP contribution < -0.4 is 0 Å². The summed E-state index contributed by atoms with van der Waals surface area (Å²) in [7, 11) is 3.35. The van der Waals surface area contributed by atoms with Crippen LogP contribution in [0.4, 0.5) is 0 Å². The van der Waals surface area contributed by atoms with Crippen LogP contribution in [0.15, 0.2) is 32.7 Å². The number of nitrogens with zero attached hydrogens (tertiary/aromatic N) is 2. The third kappa shape index (κ3) is 4.51. The van der Waals surface area contributed by atoms with E-state index in [0.29, 0.717) is 16.8 Å². The fourth-order valence-corrected chi connectivity index (χ4v) is 4.49. The summed E-state index contributed by atoms with van der Waals surface area (Å²) in [5.41, 5.74) is 0.404. The first-order valence-electron chi connectivity index (χ1n) is 9.51. The average Bonchev–Trinajstić information content (AvgIpc) is 2.64. The van der Waals surface area contributed by atoms with E-state index in [1.165, 1.54) is 0 Å². The van der Waals surface area contributed by atoms with Crippen molar-refractivity contribution in [2.75, 3.05) is 14.2 Å². The molecule has 0 amide bonds. The summed E-state index contributed by atoms with van der Waals surface area (Å²) in [5, 5.41) is 0.711. The molecule has 1 heterocycles. The predicted molar refractivity (Wildman–Crippen MR) is 117 cm³/mol. The lowest BCUT2D eigenvalue weighted by atomic mass is 9.76. The van der Waals surface area contributed by atoms with Gasteiger partial charge in [-0.15, -0.1) is 0 Å². The van der Waals surface area contributed by atoms with Gasteiger partial charge in [0.2, 0.25) is 11.8 Å². The molecular weight excluding hydrogens is 428 g/mol. The van der Waals surface area contributed by atoms with E-state index in [1.807, 2.05) is 12.1 Å². The van der Waals surface area contributed by atoms with Crippen molar-refractivity contribution in [3.63, 3.8) is 0 Å². The molecule has 0 spiro atoms. The minimum absolute atomic E-state index is 0.0124. The zero-order valence-electron chi connectivity index (χ0n) is 17.1. The molecule has 3 atom stereocenters. The predicted octanol–water partition coefficient (Wildman–Crippen LogP) is 6.26. The van der Waals surface area contributed by atoms with Gasteiger partial charge in [-0.2, -0.15) is 0 Å². The van der Waals surface area contributed by atoms with Crippen LogP contribution in [0.2, 0.25) is 5.02 Å². The quantitative estimate of drug-likeness (QED) is 0.505. The number of unbranched alkanes of at least 4 members (excludes halogenated alkanes) is 1. The maximum atomic E-state index is 6.59. The smallest absolute Gasteiger partial charge is 0.213 e. The van der Waals surface area contributed by atoms with Gasteiger partial charge < -0.3 is 9.47 Å². The van der Waals surface area contributed by atoms with Gasteiger partial charge in [-0.05, 0) is 30.0 Å². The number of aliphatic imine (C=N–C) groups is 2. The van der Waals surface area contributed by atoms with Gasteiger partial charge in [-0.3, -0.25) is 0 Å². The third-order valence-electron chi connectivity index (χ3n) is 5.28. The lowest BCUT2D eigenvalue weighted by Crippen LogP contribution is -2.49. The number of benzene rings is 1. The minimum Gasteiger partial charge on any atom is -0.483 e. The second-order valence-electron chi connectivity index (χ2n) is 7.40. The second-order valence-corrected chi connectivity index (χ2v) is 8.72. The monoisotopic (exact) mass is 456 g/mol. The molecule has 0 N–H and O–H groups in total. The van der Waals surface area contributed by atoms with Crippen molar-refractivity contribution in [3.8, 4) is 0 Å². The Balaban J connectivity index is 2.63. The maximum absolute atomic E-state index is 6.59. The number of halogens is 2. The van der Waals surface area contributed by atoms with Gasteiger partial charge in [0, 0.05) is 15.4 Å². The molecule has 4 nitrogen and oxygen atoms in total. The summed E-state index contributed by atoms with van der Waals surface area (Å²) in [6.45, 7) is 8.55.